The lowest BCUT2D eigenvalue weighted by Gasteiger charge is -2.32. The molecule has 0 radical (unpaired) electrons. The lowest BCUT2D eigenvalue weighted by Crippen LogP contribution is -2.55. The molecular weight excluding hydrogens is 252 g/mol. The van der Waals surface area contributed by atoms with E-state index in [0.29, 0.717) is 18.5 Å². The van der Waals surface area contributed by atoms with Crippen molar-refractivity contribution < 1.29 is 9.90 Å². The summed E-state index contributed by atoms with van der Waals surface area (Å²) < 4.78 is 0. The Kier molecular flexibility index (Phi) is 3.21. The Bertz CT molecular complexity index is 519. The fourth-order valence-electron chi connectivity index (χ4n) is 2.77. The number of carbonyl (C=O) groups is 1. The Morgan fingerprint density at radius 3 is 2.65 bits per heavy atom. The molecule has 1 aromatic rings. The Morgan fingerprint density at radius 2 is 2.10 bits per heavy atom. The van der Waals surface area contributed by atoms with Crippen LogP contribution in [0, 0.1) is 5.92 Å². The lowest BCUT2D eigenvalue weighted by molar-refractivity contribution is -0.138. The highest BCUT2D eigenvalue weighted by molar-refractivity contribution is 5.87. The lowest BCUT2D eigenvalue weighted by atomic mass is 9.95. The molecule has 2 aliphatic rings. The highest BCUT2D eigenvalue weighted by Crippen LogP contribution is 2.41. The van der Waals surface area contributed by atoms with Crippen molar-refractivity contribution in [1.82, 2.24) is 4.90 Å². The third-order valence-electron chi connectivity index (χ3n) is 4.40. The summed E-state index contributed by atoms with van der Waals surface area (Å²) in [6.45, 7) is 2.41. The van der Waals surface area contributed by atoms with Gasteiger partial charge >= 0.3 is 0 Å². The van der Waals surface area contributed by atoms with Crippen LogP contribution in [-0.2, 0) is 11.3 Å². The van der Waals surface area contributed by atoms with E-state index < -0.39 is 5.54 Å². The molecule has 0 aliphatic heterocycles. The number of carbonyl (C=O) groups excluding carboxylic acids is 1. The molecule has 4 heteroatoms. The molecule has 0 saturated heterocycles. The molecule has 2 aliphatic carbocycles. The van der Waals surface area contributed by atoms with E-state index in [4.69, 9.17) is 5.73 Å². The van der Waals surface area contributed by atoms with E-state index in [1.165, 1.54) is 0 Å². The van der Waals surface area contributed by atoms with E-state index in [1.54, 1.807) is 12.1 Å². The average Bonchev–Trinajstić information content (AvgIpc) is 3.28. The summed E-state index contributed by atoms with van der Waals surface area (Å²) in [5.74, 6) is 0.634. The van der Waals surface area contributed by atoms with Crippen LogP contribution in [0.4, 0.5) is 0 Å². The molecular formula is C16H22N2O2. The maximum absolute atomic E-state index is 12.8. The third-order valence-corrected chi connectivity index (χ3v) is 4.40. The van der Waals surface area contributed by atoms with Crippen LogP contribution in [0.5, 0.6) is 5.75 Å². The zero-order valence-electron chi connectivity index (χ0n) is 11.9. The summed E-state index contributed by atoms with van der Waals surface area (Å²) >= 11 is 0. The van der Waals surface area contributed by atoms with Crippen molar-refractivity contribution in [2.24, 2.45) is 11.7 Å². The number of nitrogens with zero attached hydrogens (tertiary/aromatic N) is 1. The fraction of sp³-hybridized carbons (Fsp3) is 0.562. The van der Waals surface area contributed by atoms with Crippen molar-refractivity contribution in [3.63, 3.8) is 0 Å². The highest BCUT2D eigenvalue weighted by atomic mass is 16.3. The Balaban J connectivity index is 1.77. The van der Waals surface area contributed by atoms with E-state index in [0.717, 1.165) is 31.2 Å². The minimum Gasteiger partial charge on any atom is -0.508 e. The van der Waals surface area contributed by atoms with Crippen LogP contribution < -0.4 is 5.73 Å². The summed E-state index contributed by atoms with van der Waals surface area (Å²) in [6, 6.07) is 7.43. The highest BCUT2D eigenvalue weighted by Gasteiger charge is 2.48. The van der Waals surface area contributed by atoms with Crippen LogP contribution in [-0.4, -0.2) is 27.5 Å². The molecule has 2 saturated carbocycles. The molecule has 0 spiro atoms. The summed E-state index contributed by atoms with van der Waals surface area (Å²) in [5, 5.41) is 9.55. The van der Waals surface area contributed by atoms with Crippen LogP contribution in [0.3, 0.4) is 0 Å². The first-order valence-corrected chi connectivity index (χ1v) is 7.36. The molecule has 2 fully saturated rings. The zero-order chi connectivity index (χ0) is 14.3. The molecule has 3 rings (SSSR count). The molecule has 0 bridgehead atoms. The minimum atomic E-state index is -0.737. The predicted octanol–water partition coefficient (Wildman–Crippen LogP) is 2.01. The minimum absolute atomic E-state index is 0.0610. The number of phenolic OH excluding ortho intramolecular Hbond substituents is 1. The number of hydrogen-bond acceptors (Lipinski definition) is 3. The smallest absolute Gasteiger partial charge is 0.243 e. The monoisotopic (exact) mass is 274 g/mol. The predicted molar refractivity (Wildman–Crippen MR) is 77.0 cm³/mol. The van der Waals surface area contributed by atoms with Gasteiger partial charge in [-0.3, -0.25) is 4.79 Å². The van der Waals surface area contributed by atoms with E-state index in [-0.39, 0.29) is 11.7 Å². The summed E-state index contributed by atoms with van der Waals surface area (Å²) in [5.41, 5.74) is 6.49. The Hall–Kier alpha value is -1.55. The van der Waals surface area contributed by atoms with Gasteiger partial charge in [-0.15, -0.1) is 0 Å². The van der Waals surface area contributed by atoms with Gasteiger partial charge in [0.15, 0.2) is 0 Å². The third kappa shape index (κ3) is 2.66. The first kappa shape index (κ1) is 13.4. The van der Waals surface area contributed by atoms with Gasteiger partial charge in [0, 0.05) is 12.6 Å². The second kappa shape index (κ2) is 4.77. The van der Waals surface area contributed by atoms with E-state index in [9.17, 15) is 9.90 Å². The van der Waals surface area contributed by atoms with Crippen molar-refractivity contribution >= 4 is 5.91 Å². The average molecular weight is 274 g/mol. The van der Waals surface area contributed by atoms with Gasteiger partial charge < -0.3 is 15.7 Å². The van der Waals surface area contributed by atoms with Crippen molar-refractivity contribution in [2.75, 3.05) is 0 Å². The summed E-state index contributed by atoms with van der Waals surface area (Å²) in [4.78, 5) is 14.7. The van der Waals surface area contributed by atoms with Gasteiger partial charge in [0.2, 0.25) is 5.91 Å². The van der Waals surface area contributed by atoms with Crippen molar-refractivity contribution in [1.29, 1.82) is 0 Å². The maximum atomic E-state index is 12.8. The SMILES string of the molecule is CC(N)(C(=O)N(Cc1cccc(O)c1)C1CC1)C1CC1. The number of aromatic hydroxyl groups is 1. The maximum Gasteiger partial charge on any atom is 0.243 e. The summed E-state index contributed by atoms with van der Waals surface area (Å²) in [6.07, 6.45) is 4.24. The molecule has 20 heavy (non-hydrogen) atoms. The second-order valence-corrected chi connectivity index (χ2v) is 6.39. The van der Waals surface area contributed by atoms with Crippen LogP contribution >= 0.6 is 0 Å². The quantitative estimate of drug-likeness (QED) is 0.863. The normalized spacial score (nSPS) is 21.3. The van der Waals surface area contributed by atoms with Gasteiger partial charge in [0.25, 0.3) is 0 Å². The van der Waals surface area contributed by atoms with Gasteiger partial charge in [-0.05, 0) is 56.2 Å². The van der Waals surface area contributed by atoms with Gasteiger partial charge in [0.05, 0.1) is 5.54 Å². The largest absolute Gasteiger partial charge is 0.508 e. The first-order valence-electron chi connectivity index (χ1n) is 7.36. The number of rotatable bonds is 5. The Morgan fingerprint density at radius 1 is 1.40 bits per heavy atom. The number of amides is 1. The van der Waals surface area contributed by atoms with Crippen molar-refractivity contribution in [2.45, 2.75) is 50.7 Å². The van der Waals surface area contributed by atoms with Crippen LogP contribution in [0.1, 0.15) is 38.2 Å². The van der Waals surface area contributed by atoms with Crippen molar-refractivity contribution in [3.05, 3.63) is 29.8 Å². The number of nitrogens with two attached hydrogens (primary N) is 1. The summed E-state index contributed by atoms with van der Waals surface area (Å²) in [7, 11) is 0. The number of hydrogen-bond donors (Lipinski definition) is 2. The number of phenols is 1. The van der Waals surface area contributed by atoms with Crippen molar-refractivity contribution in [3.8, 4) is 5.75 Å². The number of benzene rings is 1. The van der Waals surface area contributed by atoms with E-state index >= 15 is 0 Å². The molecule has 1 unspecified atom stereocenters. The molecule has 0 aromatic heterocycles. The van der Waals surface area contributed by atoms with Gasteiger partial charge in [-0.25, -0.2) is 0 Å². The molecule has 0 heterocycles. The Labute approximate surface area is 119 Å². The first-order chi connectivity index (χ1) is 9.48. The van der Waals surface area contributed by atoms with Crippen LogP contribution in [0.2, 0.25) is 0 Å². The van der Waals surface area contributed by atoms with E-state index in [2.05, 4.69) is 0 Å². The van der Waals surface area contributed by atoms with Gasteiger partial charge in [-0.1, -0.05) is 12.1 Å². The van der Waals surface area contributed by atoms with E-state index in [1.807, 2.05) is 24.0 Å². The molecule has 4 nitrogen and oxygen atoms in total. The molecule has 1 aromatic carbocycles. The fourth-order valence-corrected chi connectivity index (χ4v) is 2.77. The molecule has 1 atom stereocenters. The molecule has 3 N–H and O–H groups in total. The van der Waals surface area contributed by atoms with Crippen LogP contribution in [0.15, 0.2) is 24.3 Å². The topological polar surface area (TPSA) is 66.6 Å². The second-order valence-electron chi connectivity index (χ2n) is 6.39. The molecule has 108 valence electrons. The standard InChI is InChI=1S/C16H22N2O2/c1-16(17,12-5-6-12)15(20)18(13-7-8-13)10-11-3-2-4-14(19)9-11/h2-4,9,12-13,19H,5-8,10,17H2,1H3. The van der Waals surface area contributed by atoms with Gasteiger partial charge in [0.1, 0.15) is 5.75 Å². The van der Waals surface area contributed by atoms with Gasteiger partial charge in [-0.2, -0.15) is 0 Å². The van der Waals surface area contributed by atoms with Crippen LogP contribution in [0.25, 0.3) is 0 Å². The zero-order valence-corrected chi connectivity index (χ0v) is 11.9. The molecule has 1 amide bonds.